The number of carbonyl (C=O) groups excluding carboxylic acids is 1. The van der Waals surface area contributed by atoms with Gasteiger partial charge in [-0.2, -0.15) is 0 Å². The Kier molecular flexibility index (Phi) is 5.88. The van der Waals surface area contributed by atoms with Gasteiger partial charge in [0, 0.05) is 22.6 Å². The van der Waals surface area contributed by atoms with Crippen molar-refractivity contribution in [3.63, 3.8) is 0 Å². The lowest BCUT2D eigenvalue weighted by Gasteiger charge is -1.70. The van der Waals surface area contributed by atoms with Crippen LogP contribution < -0.4 is 0 Å². The fourth-order valence-electron chi connectivity index (χ4n) is 0. The molecule has 5 heteroatoms. The van der Waals surface area contributed by atoms with Gasteiger partial charge < -0.3 is 5.11 Å². The molecule has 0 aliphatic carbocycles. The summed E-state index contributed by atoms with van der Waals surface area (Å²) in [5, 5.41) is 7.63. The molecule has 0 fully saturated rings. The maximum Gasteiger partial charge on any atom is 0.382 e. The normalized spacial score (nSPS) is 6.43. The van der Waals surface area contributed by atoms with Crippen LogP contribution in [0.5, 0.6) is 0 Å². The third-order valence-corrected chi connectivity index (χ3v) is 0.630. The second kappa shape index (κ2) is 4.10. The summed E-state index contributed by atoms with van der Waals surface area (Å²) in [7, 11) is 0. The summed E-state index contributed by atoms with van der Waals surface area (Å²) in [6, 6.07) is 0. The first-order valence-electron chi connectivity index (χ1n) is 1.07. The highest BCUT2D eigenvalue weighted by Crippen LogP contribution is 1.81. The molecule has 0 amide bonds. The van der Waals surface area contributed by atoms with Gasteiger partial charge in [0.05, 0.1) is 8.41 Å². The Labute approximate surface area is 55.8 Å². The van der Waals surface area contributed by atoms with Crippen LogP contribution in [0.15, 0.2) is 0 Å². The highest BCUT2D eigenvalue weighted by Gasteiger charge is 2.01. The van der Waals surface area contributed by atoms with E-state index in [1.807, 2.05) is 0 Å². The summed E-state index contributed by atoms with van der Waals surface area (Å²) in [5.74, 6) is -1.39. The van der Waals surface area contributed by atoms with Crippen LogP contribution in [0.3, 0.4) is 0 Å². The number of halogens is 1. The van der Waals surface area contributed by atoms with Gasteiger partial charge >= 0.3 is 5.97 Å². The zero-order chi connectivity index (χ0) is 5.15. The maximum atomic E-state index is 9.53. The standard InChI is InChI=1S/C2HIO3.BH3/c3-1(4)2(5)6;/h(H,5,6);1H3. The first-order valence-corrected chi connectivity index (χ1v) is 2.15. The van der Waals surface area contributed by atoms with Crippen molar-refractivity contribution in [2.75, 3.05) is 0 Å². The molecule has 0 aromatic rings. The van der Waals surface area contributed by atoms with Gasteiger partial charge in [0.1, 0.15) is 0 Å². The molecule has 7 heavy (non-hydrogen) atoms. The molecule has 1 N–H and O–H groups in total. The number of hydrogen-bond acceptors (Lipinski definition) is 2. The van der Waals surface area contributed by atoms with Crippen molar-refractivity contribution in [1.29, 1.82) is 0 Å². The molecule has 0 rings (SSSR count). The molecule has 0 saturated carbocycles. The van der Waals surface area contributed by atoms with Crippen LogP contribution in [0.25, 0.3) is 0 Å². The SMILES string of the molecule is B.O=C(O)C(=O)I. The average molecular weight is 214 g/mol. The van der Waals surface area contributed by atoms with Gasteiger partial charge in [-0.3, -0.25) is 4.79 Å². The van der Waals surface area contributed by atoms with Crippen LogP contribution in [-0.2, 0) is 9.59 Å². The van der Waals surface area contributed by atoms with Gasteiger partial charge in [0.25, 0.3) is 3.79 Å². The van der Waals surface area contributed by atoms with E-state index < -0.39 is 9.76 Å². The summed E-state index contributed by atoms with van der Waals surface area (Å²) in [5.41, 5.74) is 0. The van der Waals surface area contributed by atoms with Gasteiger partial charge in [-0.1, -0.05) is 0 Å². The first-order chi connectivity index (χ1) is 2.64. The third kappa shape index (κ3) is 5.93. The largest absolute Gasteiger partial charge is 0.475 e. The number of carbonyl (C=O) groups is 2. The van der Waals surface area contributed by atoms with Crippen molar-refractivity contribution in [2.45, 2.75) is 0 Å². The molecule has 0 heterocycles. The highest BCUT2D eigenvalue weighted by atomic mass is 127. The molecular weight excluding hydrogens is 210 g/mol. The van der Waals surface area contributed by atoms with E-state index in [2.05, 4.69) is 0 Å². The van der Waals surface area contributed by atoms with Crippen LogP contribution in [0, 0.1) is 0 Å². The highest BCUT2D eigenvalue weighted by molar-refractivity contribution is 14.1. The predicted octanol–water partition coefficient (Wildman–Crippen LogP) is -1.15. The van der Waals surface area contributed by atoms with Gasteiger partial charge in [0.2, 0.25) is 0 Å². The molecule has 0 aliphatic rings. The minimum Gasteiger partial charge on any atom is -0.475 e. The fourth-order valence-corrected chi connectivity index (χ4v) is 0. The van der Waals surface area contributed by atoms with E-state index in [9.17, 15) is 9.59 Å². The van der Waals surface area contributed by atoms with E-state index in [0.29, 0.717) is 0 Å². The molecular formula is C2H4BIO3. The number of rotatable bonds is 1. The summed E-state index contributed by atoms with van der Waals surface area (Å²) in [4.78, 5) is 18.9. The number of aliphatic carboxylic acids is 1. The monoisotopic (exact) mass is 214 g/mol. The minimum atomic E-state index is -1.39. The zero-order valence-corrected chi connectivity index (χ0v) is 4.80. The Bertz CT molecular complexity index is 78.9. The molecule has 0 atom stereocenters. The third-order valence-electron chi connectivity index (χ3n) is 0.168. The molecule has 0 aromatic heterocycles. The van der Waals surface area contributed by atoms with Crippen LogP contribution in [0.2, 0.25) is 0 Å². The van der Waals surface area contributed by atoms with Gasteiger partial charge in [-0.05, 0) is 0 Å². The molecule has 0 spiro atoms. The Morgan fingerprint density at radius 1 is 1.43 bits per heavy atom. The molecule has 0 unspecified atom stereocenters. The van der Waals surface area contributed by atoms with Crippen molar-refractivity contribution in [1.82, 2.24) is 0 Å². The number of hydrogen-bond donors (Lipinski definition) is 1. The van der Waals surface area contributed by atoms with E-state index in [-0.39, 0.29) is 8.41 Å². The summed E-state index contributed by atoms with van der Waals surface area (Å²) in [6.45, 7) is 0. The fraction of sp³-hybridized carbons (Fsp3) is 0. The molecule has 40 valence electrons. The van der Waals surface area contributed by atoms with E-state index >= 15 is 0 Å². The Balaban J connectivity index is 0. The van der Waals surface area contributed by atoms with E-state index in [1.54, 1.807) is 0 Å². The Morgan fingerprint density at radius 3 is 1.57 bits per heavy atom. The molecule has 0 aliphatic heterocycles. The second-order valence-electron chi connectivity index (χ2n) is 0.579. The van der Waals surface area contributed by atoms with Crippen molar-refractivity contribution < 1.29 is 14.7 Å². The average Bonchev–Trinajstić information content (AvgIpc) is 1.36. The van der Waals surface area contributed by atoms with Crippen LogP contribution >= 0.6 is 22.6 Å². The molecule has 0 saturated heterocycles. The van der Waals surface area contributed by atoms with Crippen molar-refractivity contribution in [2.24, 2.45) is 0 Å². The van der Waals surface area contributed by atoms with E-state index in [1.165, 1.54) is 22.6 Å². The van der Waals surface area contributed by atoms with E-state index in [4.69, 9.17) is 5.11 Å². The number of carboxylic acids is 1. The second-order valence-corrected chi connectivity index (χ2v) is 1.56. The summed E-state index contributed by atoms with van der Waals surface area (Å²) in [6.07, 6.45) is 0. The predicted molar refractivity (Wildman–Crippen MR) is 36.6 cm³/mol. The Hall–Kier alpha value is -0.0651. The molecule has 0 radical (unpaired) electrons. The van der Waals surface area contributed by atoms with Crippen LogP contribution in [-0.4, -0.2) is 23.3 Å². The first kappa shape index (κ1) is 10.0. The molecule has 0 bridgehead atoms. The lowest BCUT2D eigenvalue weighted by Crippen LogP contribution is -2.01. The van der Waals surface area contributed by atoms with Crippen molar-refractivity contribution >= 4 is 40.8 Å². The Morgan fingerprint density at radius 2 is 1.57 bits per heavy atom. The van der Waals surface area contributed by atoms with Crippen LogP contribution in [0.4, 0.5) is 0 Å². The van der Waals surface area contributed by atoms with Gasteiger partial charge in [0.15, 0.2) is 0 Å². The van der Waals surface area contributed by atoms with Crippen LogP contribution in [0.1, 0.15) is 0 Å². The topological polar surface area (TPSA) is 54.4 Å². The van der Waals surface area contributed by atoms with Gasteiger partial charge in [-0.25, -0.2) is 4.79 Å². The lowest BCUT2D eigenvalue weighted by atomic mass is 10.8. The quantitative estimate of drug-likeness (QED) is 0.259. The lowest BCUT2D eigenvalue weighted by molar-refractivity contribution is -0.144. The molecule has 3 nitrogen and oxygen atoms in total. The summed E-state index contributed by atoms with van der Waals surface area (Å²) >= 11 is 1.19. The molecule has 0 aromatic carbocycles. The van der Waals surface area contributed by atoms with Crippen molar-refractivity contribution in [3.05, 3.63) is 0 Å². The maximum absolute atomic E-state index is 9.53. The minimum absolute atomic E-state index is 0. The zero-order valence-electron chi connectivity index (χ0n) is 2.64. The van der Waals surface area contributed by atoms with Crippen molar-refractivity contribution in [3.8, 4) is 0 Å². The smallest absolute Gasteiger partial charge is 0.382 e. The number of carboxylic acid groups (broad SMARTS) is 1. The summed E-state index contributed by atoms with van der Waals surface area (Å²) < 4.78 is -0.854. The van der Waals surface area contributed by atoms with Gasteiger partial charge in [-0.15, -0.1) is 0 Å². The van der Waals surface area contributed by atoms with E-state index in [0.717, 1.165) is 0 Å².